The van der Waals surface area contributed by atoms with E-state index < -0.39 is 0 Å². The zero-order valence-corrected chi connectivity index (χ0v) is 9.13. The van der Waals surface area contributed by atoms with E-state index in [9.17, 15) is 0 Å². The summed E-state index contributed by atoms with van der Waals surface area (Å²) in [6.45, 7) is 0. The molecule has 0 saturated heterocycles. The first-order valence-electron chi connectivity index (χ1n) is 4.79. The SMILES string of the molecule is c1ccc(-n2cnnc2-c2cncs2)cc1. The maximum absolute atomic E-state index is 4.12. The van der Waals surface area contributed by atoms with Crippen LogP contribution in [0.25, 0.3) is 16.4 Å². The monoisotopic (exact) mass is 228 g/mol. The summed E-state index contributed by atoms with van der Waals surface area (Å²) in [5, 5.41) is 8.06. The molecule has 0 atom stereocenters. The van der Waals surface area contributed by atoms with Crippen LogP contribution in [0.3, 0.4) is 0 Å². The van der Waals surface area contributed by atoms with Gasteiger partial charge in [-0.1, -0.05) is 18.2 Å². The summed E-state index contributed by atoms with van der Waals surface area (Å²) < 4.78 is 1.95. The molecule has 2 heterocycles. The average molecular weight is 228 g/mol. The summed E-state index contributed by atoms with van der Waals surface area (Å²) in [7, 11) is 0. The van der Waals surface area contributed by atoms with Crippen LogP contribution in [0.15, 0.2) is 48.4 Å². The van der Waals surface area contributed by atoms with Crippen LogP contribution in [0, 0.1) is 0 Å². The first-order chi connectivity index (χ1) is 7.95. The normalized spacial score (nSPS) is 10.5. The van der Waals surface area contributed by atoms with Crippen LogP contribution in [-0.2, 0) is 0 Å². The molecule has 16 heavy (non-hydrogen) atoms. The van der Waals surface area contributed by atoms with Gasteiger partial charge in [0.2, 0.25) is 0 Å². The van der Waals surface area contributed by atoms with E-state index in [1.165, 1.54) is 0 Å². The van der Waals surface area contributed by atoms with Crippen LogP contribution in [0.5, 0.6) is 0 Å². The Labute approximate surface area is 96.2 Å². The molecule has 0 aliphatic carbocycles. The van der Waals surface area contributed by atoms with Gasteiger partial charge in [-0.3, -0.25) is 9.55 Å². The van der Waals surface area contributed by atoms with Gasteiger partial charge in [-0.2, -0.15) is 0 Å². The Morgan fingerprint density at radius 2 is 2.00 bits per heavy atom. The molecule has 0 amide bonds. The van der Waals surface area contributed by atoms with E-state index in [2.05, 4.69) is 15.2 Å². The first-order valence-corrected chi connectivity index (χ1v) is 5.67. The fraction of sp³-hybridized carbons (Fsp3) is 0. The Morgan fingerprint density at radius 3 is 2.75 bits per heavy atom. The zero-order valence-electron chi connectivity index (χ0n) is 8.32. The van der Waals surface area contributed by atoms with Crippen molar-refractivity contribution in [3.05, 3.63) is 48.4 Å². The van der Waals surface area contributed by atoms with E-state index in [0.29, 0.717) is 0 Å². The molecule has 5 heteroatoms. The summed E-state index contributed by atoms with van der Waals surface area (Å²) in [5.41, 5.74) is 2.84. The first kappa shape index (κ1) is 9.23. The Hall–Kier alpha value is -2.01. The predicted molar refractivity (Wildman–Crippen MR) is 62.5 cm³/mol. The number of hydrogen-bond donors (Lipinski definition) is 0. The lowest BCUT2D eigenvalue weighted by Crippen LogP contribution is -1.94. The minimum absolute atomic E-state index is 0.828. The number of thiazole rings is 1. The van der Waals surface area contributed by atoms with Crippen molar-refractivity contribution in [1.29, 1.82) is 0 Å². The molecular weight excluding hydrogens is 220 g/mol. The van der Waals surface area contributed by atoms with Crippen LogP contribution >= 0.6 is 11.3 Å². The van der Waals surface area contributed by atoms with Gasteiger partial charge in [-0.15, -0.1) is 21.5 Å². The van der Waals surface area contributed by atoms with Crippen molar-refractivity contribution in [2.45, 2.75) is 0 Å². The van der Waals surface area contributed by atoms with Gasteiger partial charge in [-0.05, 0) is 12.1 Å². The number of aromatic nitrogens is 4. The van der Waals surface area contributed by atoms with Gasteiger partial charge in [0.25, 0.3) is 0 Å². The highest BCUT2D eigenvalue weighted by Crippen LogP contribution is 2.23. The largest absolute Gasteiger partial charge is 0.281 e. The van der Waals surface area contributed by atoms with Crippen molar-refractivity contribution in [2.24, 2.45) is 0 Å². The second-order valence-electron chi connectivity index (χ2n) is 3.23. The van der Waals surface area contributed by atoms with Gasteiger partial charge in [-0.25, -0.2) is 0 Å². The molecule has 1 aromatic carbocycles. The third-order valence-electron chi connectivity index (χ3n) is 2.23. The van der Waals surface area contributed by atoms with E-state index in [0.717, 1.165) is 16.4 Å². The van der Waals surface area contributed by atoms with Gasteiger partial charge >= 0.3 is 0 Å². The van der Waals surface area contributed by atoms with Gasteiger partial charge in [0.15, 0.2) is 5.82 Å². The van der Waals surface area contributed by atoms with Crippen molar-refractivity contribution in [2.75, 3.05) is 0 Å². The Bertz CT molecular complexity index is 571. The third-order valence-corrected chi connectivity index (χ3v) is 3.00. The van der Waals surface area contributed by atoms with Gasteiger partial charge in [0.05, 0.1) is 10.4 Å². The fourth-order valence-electron chi connectivity index (χ4n) is 1.51. The number of hydrogen-bond acceptors (Lipinski definition) is 4. The molecule has 0 N–H and O–H groups in total. The van der Waals surface area contributed by atoms with E-state index in [1.54, 1.807) is 29.4 Å². The van der Waals surface area contributed by atoms with E-state index in [1.807, 2.05) is 34.9 Å². The molecule has 3 rings (SSSR count). The average Bonchev–Trinajstić information content (AvgIpc) is 3.01. The van der Waals surface area contributed by atoms with Crippen molar-refractivity contribution in [1.82, 2.24) is 19.7 Å². The quantitative estimate of drug-likeness (QED) is 0.676. The highest BCUT2D eigenvalue weighted by Gasteiger charge is 2.09. The summed E-state index contributed by atoms with van der Waals surface area (Å²) in [4.78, 5) is 5.07. The molecular formula is C11H8N4S. The maximum atomic E-state index is 4.12. The molecule has 0 aliphatic heterocycles. The van der Waals surface area contributed by atoms with Crippen molar-refractivity contribution in [3.8, 4) is 16.4 Å². The van der Waals surface area contributed by atoms with Crippen molar-refractivity contribution >= 4 is 11.3 Å². The van der Waals surface area contributed by atoms with Crippen molar-refractivity contribution in [3.63, 3.8) is 0 Å². The molecule has 2 aromatic heterocycles. The summed E-state index contributed by atoms with van der Waals surface area (Å²) >= 11 is 1.56. The minimum Gasteiger partial charge on any atom is -0.281 e. The maximum Gasteiger partial charge on any atom is 0.180 e. The van der Waals surface area contributed by atoms with Crippen LogP contribution in [-0.4, -0.2) is 19.7 Å². The highest BCUT2D eigenvalue weighted by molar-refractivity contribution is 7.13. The topological polar surface area (TPSA) is 43.6 Å². The number of rotatable bonds is 2. The lowest BCUT2D eigenvalue weighted by molar-refractivity contribution is 1.07. The fourth-order valence-corrected chi connectivity index (χ4v) is 2.11. The van der Waals surface area contributed by atoms with E-state index >= 15 is 0 Å². The lowest BCUT2D eigenvalue weighted by Gasteiger charge is -2.03. The second-order valence-corrected chi connectivity index (χ2v) is 4.11. The molecule has 3 aromatic rings. The molecule has 0 aliphatic rings. The third kappa shape index (κ3) is 1.51. The standard InChI is InChI=1S/C11H8N4S/c1-2-4-9(5-3-1)15-7-13-14-11(15)10-6-12-8-16-10/h1-8H. The summed E-state index contributed by atoms with van der Waals surface area (Å²) in [6, 6.07) is 10.0. The van der Waals surface area contributed by atoms with Crippen LogP contribution < -0.4 is 0 Å². The number of nitrogens with zero attached hydrogens (tertiary/aromatic N) is 4. The second kappa shape index (κ2) is 3.86. The molecule has 0 spiro atoms. The van der Waals surface area contributed by atoms with Gasteiger partial charge in [0, 0.05) is 11.9 Å². The molecule has 78 valence electrons. The van der Waals surface area contributed by atoms with Crippen LogP contribution in [0.2, 0.25) is 0 Å². The van der Waals surface area contributed by atoms with Gasteiger partial charge < -0.3 is 0 Å². The van der Waals surface area contributed by atoms with Crippen molar-refractivity contribution < 1.29 is 0 Å². The highest BCUT2D eigenvalue weighted by atomic mass is 32.1. The molecule has 4 nitrogen and oxygen atoms in total. The van der Waals surface area contributed by atoms with Crippen LogP contribution in [0.1, 0.15) is 0 Å². The lowest BCUT2D eigenvalue weighted by atomic mass is 10.3. The zero-order chi connectivity index (χ0) is 10.8. The van der Waals surface area contributed by atoms with Crippen LogP contribution in [0.4, 0.5) is 0 Å². The molecule has 0 unspecified atom stereocenters. The number of para-hydroxylation sites is 1. The smallest absolute Gasteiger partial charge is 0.180 e. The van der Waals surface area contributed by atoms with Gasteiger partial charge in [0.1, 0.15) is 6.33 Å². The minimum atomic E-state index is 0.828. The molecule has 0 fully saturated rings. The molecule has 0 saturated carbocycles. The predicted octanol–water partition coefficient (Wildman–Crippen LogP) is 2.39. The molecule has 0 radical (unpaired) electrons. The molecule has 0 bridgehead atoms. The van der Waals surface area contributed by atoms with E-state index in [4.69, 9.17) is 0 Å². The Kier molecular flexibility index (Phi) is 2.23. The van der Waals surface area contributed by atoms with E-state index in [-0.39, 0.29) is 0 Å². The summed E-state index contributed by atoms with van der Waals surface area (Å²) in [5.74, 6) is 0.828. The Morgan fingerprint density at radius 1 is 1.12 bits per heavy atom. The number of benzene rings is 1. The summed E-state index contributed by atoms with van der Waals surface area (Å²) in [6.07, 6.45) is 3.51. The Balaban J connectivity index is 2.14.